The van der Waals surface area contributed by atoms with E-state index in [-0.39, 0.29) is 18.5 Å². The predicted octanol–water partition coefficient (Wildman–Crippen LogP) is 3.93. The summed E-state index contributed by atoms with van der Waals surface area (Å²) in [6, 6.07) is 8.15. The Morgan fingerprint density at radius 2 is 1.74 bits per heavy atom. The van der Waals surface area contributed by atoms with Gasteiger partial charge < -0.3 is 14.2 Å². The highest BCUT2D eigenvalue weighted by atomic mass is 16.7. The Morgan fingerprint density at radius 1 is 1.05 bits per heavy atom. The molecule has 0 bridgehead atoms. The lowest BCUT2D eigenvalue weighted by Gasteiger charge is -2.40. The van der Waals surface area contributed by atoms with Gasteiger partial charge in [0, 0.05) is 5.92 Å². The minimum Gasteiger partial charge on any atom is -0.497 e. The monoisotopic (exact) mass is 264 g/mol. The zero-order valence-corrected chi connectivity index (χ0v) is 12.3. The molecule has 2 rings (SSSR count). The first-order valence-electron chi connectivity index (χ1n) is 7.14. The third-order valence-corrected chi connectivity index (χ3v) is 3.87. The summed E-state index contributed by atoms with van der Waals surface area (Å²) in [5.41, 5.74) is 1.20. The van der Waals surface area contributed by atoms with Crippen LogP contribution in [-0.2, 0) is 9.47 Å². The molecule has 4 atom stereocenters. The van der Waals surface area contributed by atoms with Crippen molar-refractivity contribution in [1.82, 2.24) is 0 Å². The molecule has 0 spiro atoms. The van der Waals surface area contributed by atoms with E-state index in [1.54, 1.807) is 7.11 Å². The SMILES string of the molecule is CC[C@@H]1O[C@H](CC)[C@H](C)[C@H](c2ccc(OC)cc2)O1. The van der Waals surface area contributed by atoms with Crippen molar-refractivity contribution in [3.05, 3.63) is 29.8 Å². The number of ether oxygens (including phenoxy) is 3. The largest absolute Gasteiger partial charge is 0.497 e. The number of hydrogen-bond donors (Lipinski definition) is 0. The van der Waals surface area contributed by atoms with Gasteiger partial charge in [-0.3, -0.25) is 0 Å². The molecule has 1 heterocycles. The van der Waals surface area contributed by atoms with Gasteiger partial charge in [0.05, 0.1) is 19.3 Å². The van der Waals surface area contributed by atoms with E-state index in [0.29, 0.717) is 5.92 Å². The first kappa shape index (κ1) is 14.4. The summed E-state index contributed by atoms with van der Waals surface area (Å²) >= 11 is 0. The van der Waals surface area contributed by atoms with E-state index in [0.717, 1.165) is 18.6 Å². The van der Waals surface area contributed by atoms with Gasteiger partial charge in [0.25, 0.3) is 0 Å². The van der Waals surface area contributed by atoms with Crippen LogP contribution in [0.5, 0.6) is 5.75 Å². The number of methoxy groups -OCH3 is 1. The maximum Gasteiger partial charge on any atom is 0.158 e. The number of benzene rings is 1. The lowest BCUT2D eigenvalue weighted by molar-refractivity contribution is -0.269. The Hall–Kier alpha value is -1.06. The molecule has 106 valence electrons. The van der Waals surface area contributed by atoms with Crippen molar-refractivity contribution >= 4 is 0 Å². The highest BCUT2D eigenvalue weighted by Gasteiger charge is 2.35. The second-order valence-electron chi connectivity index (χ2n) is 5.11. The van der Waals surface area contributed by atoms with Crippen molar-refractivity contribution in [3.63, 3.8) is 0 Å². The molecule has 3 heteroatoms. The molecule has 19 heavy (non-hydrogen) atoms. The van der Waals surface area contributed by atoms with E-state index < -0.39 is 0 Å². The second kappa shape index (κ2) is 6.40. The Labute approximate surface area is 115 Å². The van der Waals surface area contributed by atoms with Crippen LogP contribution in [0.25, 0.3) is 0 Å². The normalized spacial score (nSPS) is 31.2. The quantitative estimate of drug-likeness (QED) is 0.824. The van der Waals surface area contributed by atoms with Gasteiger partial charge in [-0.05, 0) is 30.5 Å². The van der Waals surface area contributed by atoms with E-state index in [2.05, 4.69) is 32.9 Å². The smallest absolute Gasteiger partial charge is 0.158 e. The molecular formula is C16H24O3. The molecule has 0 aromatic heterocycles. The van der Waals surface area contributed by atoms with Crippen molar-refractivity contribution in [2.75, 3.05) is 7.11 Å². The van der Waals surface area contributed by atoms with Crippen LogP contribution in [0.3, 0.4) is 0 Å². The Balaban J connectivity index is 2.19. The van der Waals surface area contributed by atoms with Crippen LogP contribution >= 0.6 is 0 Å². The van der Waals surface area contributed by atoms with E-state index in [9.17, 15) is 0 Å². The van der Waals surface area contributed by atoms with Crippen LogP contribution < -0.4 is 4.74 Å². The minimum atomic E-state index is -0.0896. The van der Waals surface area contributed by atoms with Gasteiger partial charge in [0.1, 0.15) is 5.75 Å². The summed E-state index contributed by atoms with van der Waals surface area (Å²) in [7, 11) is 1.68. The molecule has 1 aliphatic rings. The fraction of sp³-hybridized carbons (Fsp3) is 0.625. The zero-order valence-electron chi connectivity index (χ0n) is 12.3. The topological polar surface area (TPSA) is 27.7 Å². The van der Waals surface area contributed by atoms with Crippen LogP contribution in [0, 0.1) is 5.92 Å². The molecule has 0 unspecified atom stereocenters. The van der Waals surface area contributed by atoms with E-state index in [1.807, 2.05) is 12.1 Å². The van der Waals surface area contributed by atoms with Crippen LogP contribution in [0.1, 0.15) is 45.3 Å². The predicted molar refractivity (Wildman–Crippen MR) is 75.2 cm³/mol. The Kier molecular flexibility index (Phi) is 4.83. The molecule has 0 aliphatic carbocycles. The van der Waals surface area contributed by atoms with Crippen molar-refractivity contribution in [3.8, 4) is 5.75 Å². The molecule has 0 radical (unpaired) electrons. The number of hydrogen-bond acceptors (Lipinski definition) is 3. The van der Waals surface area contributed by atoms with Crippen LogP contribution in [0.4, 0.5) is 0 Å². The fourth-order valence-electron chi connectivity index (χ4n) is 2.67. The van der Waals surface area contributed by atoms with Crippen LogP contribution in [0.15, 0.2) is 24.3 Å². The van der Waals surface area contributed by atoms with Crippen molar-refractivity contribution in [2.24, 2.45) is 5.92 Å². The molecule has 0 saturated carbocycles. The van der Waals surface area contributed by atoms with Gasteiger partial charge in [0.2, 0.25) is 0 Å². The fourth-order valence-corrected chi connectivity index (χ4v) is 2.67. The van der Waals surface area contributed by atoms with Crippen molar-refractivity contribution in [1.29, 1.82) is 0 Å². The van der Waals surface area contributed by atoms with Crippen LogP contribution in [0.2, 0.25) is 0 Å². The lowest BCUT2D eigenvalue weighted by Crippen LogP contribution is -2.40. The summed E-state index contributed by atoms with van der Waals surface area (Å²) in [5, 5.41) is 0. The standard InChI is InChI=1S/C16H24O3/c1-5-14-11(3)16(19-15(6-2)18-14)12-7-9-13(17-4)10-8-12/h7-11,14-16H,5-6H2,1-4H3/t11-,14+,15+,16+/m0/s1. The van der Waals surface area contributed by atoms with E-state index >= 15 is 0 Å². The average molecular weight is 264 g/mol. The highest BCUT2D eigenvalue weighted by molar-refractivity contribution is 5.29. The summed E-state index contributed by atoms with van der Waals surface area (Å²) in [6.45, 7) is 6.47. The van der Waals surface area contributed by atoms with Crippen molar-refractivity contribution < 1.29 is 14.2 Å². The first-order chi connectivity index (χ1) is 9.19. The minimum absolute atomic E-state index is 0.0896. The molecular weight excluding hydrogens is 240 g/mol. The summed E-state index contributed by atoms with van der Waals surface area (Å²) < 4.78 is 17.2. The molecule has 0 N–H and O–H groups in total. The zero-order chi connectivity index (χ0) is 13.8. The molecule has 3 nitrogen and oxygen atoms in total. The van der Waals surface area contributed by atoms with Crippen LogP contribution in [-0.4, -0.2) is 19.5 Å². The third-order valence-electron chi connectivity index (χ3n) is 3.87. The molecule has 1 aromatic carbocycles. The average Bonchev–Trinajstić information content (AvgIpc) is 2.47. The molecule has 1 aromatic rings. The Bertz CT molecular complexity index is 387. The third kappa shape index (κ3) is 3.10. The second-order valence-corrected chi connectivity index (χ2v) is 5.11. The highest BCUT2D eigenvalue weighted by Crippen LogP contribution is 2.38. The van der Waals surface area contributed by atoms with Gasteiger partial charge in [-0.15, -0.1) is 0 Å². The first-order valence-corrected chi connectivity index (χ1v) is 7.14. The van der Waals surface area contributed by atoms with Crippen molar-refractivity contribution in [2.45, 2.75) is 52.1 Å². The summed E-state index contributed by atoms with van der Waals surface area (Å²) in [6.07, 6.45) is 2.19. The summed E-state index contributed by atoms with van der Waals surface area (Å²) in [4.78, 5) is 0. The maximum atomic E-state index is 6.08. The maximum absolute atomic E-state index is 6.08. The number of rotatable bonds is 4. The Morgan fingerprint density at radius 3 is 2.26 bits per heavy atom. The molecule has 0 amide bonds. The summed E-state index contributed by atoms with van der Waals surface area (Å²) in [5.74, 6) is 1.24. The van der Waals surface area contributed by atoms with Gasteiger partial charge >= 0.3 is 0 Å². The van der Waals surface area contributed by atoms with Gasteiger partial charge in [-0.2, -0.15) is 0 Å². The lowest BCUT2D eigenvalue weighted by atomic mass is 9.90. The van der Waals surface area contributed by atoms with Gasteiger partial charge in [0.15, 0.2) is 6.29 Å². The van der Waals surface area contributed by atoms with Gasteiger partial charge in [-0.25, -0.2) is 0 Å². The molecule has 1 aliphatic heterocycles. The van der Waals surface area contributed by atoms with Gasteiger partial charge in [-0.1, -0.05) is 32.9 Å². The van der Waals surface area contributed by atoms with E-state index in [4.69, 9.17) is 14.2 Å². The van der Waals surface area contributed by atoms with E-state index in [1.165, 1.54) is 5.56 Å². The molecule has 1 saturated heterocycles. The molecule has 1 fully saturated rings.